The number of rotatable bonds is 2. The molecule has 16 heavy (non-hydrogen) atoms. The third-order valence-electron chi connectivity index (χ3n) is 2.92. The number of carbonyl (C=O) groups excluding carboxylic acids is 2. The van der Waals surface area contributed by atoms with Gasteiger partial charge in [-0.1, -0.05) is 22.5 Å². The van der Waals surface area contributed by atoms with Crippen LogP contribution < -0.4 is 5.32 Å². The van der Waals surface area contributed by atoms with Gasteiger partial charge in [-0.2, -0.15) is 11.8 Å². The Balaban J connectivity index is 2.17. The topological polar surface area (TPSA) is 49.4 Å². The highest BCUT2D eigenvalue weighted by atomic mass is 79.9. The van der Waals surface area contributed by atoms with E-state index in [4.69, 9.17) is 0 Å². The maximum Gasteiger partial charge on any atom is 0.325 e. The molecule has 0 saturated carbocycles. The normalized spacial score (nSPS) is 23.7. The van der Waals surface area contributed by atoms with Crippen LogP contribution in [0.5, 0.6) is 0 Å². The van der Waals surface area contributed by atoms with Gasteiger partial charge in [0, 0.05) is 4.48 Å². The first-order valence-electron chi connectivity index (χ1n) is 5.10. The molecule has 0 aliphatic carbocycles. The molecule has 4 nitrogen and oxygen atoms in total. The molecule has 2 aliphatic rings. The average molecular weight is 305 g/mol. The summed E-state index contributed by atoms with van der Waals surface area (Å²) in [7, 11) is 0. The Morgan fingerprint density at radius 2 is 2.12 bits per heavy atom. The van der Waals surface area contributed by atoms with Crippen molar-refractivity contribution in [2.45, 2.75) is 18.4 Å². The maximum atomic E-state index is 12.2. The zero-order valence-electron chi connectivity index (χ0n) is 8.79. The third kappa shape index (κ3) is 2.00. The molecule has 6 heteroatoms. The van der Waals surface area contributed by atoms with E-state index in [1.807, 2.05) is 11.8 Å². The smallest absolute Gasteiger partial charge is 0.323 e. The van der Waals surface area contributed by atoms with Crippen LogP contribution >= 0.6 is 27.7 Å². The molecule has 1 N–H and O–H groups in total. The Hall–Kier alpha value is -0.490. The molecular formula is C10H13BrN2O2S. The van der Waals surface area contributed by atoms with E-state index >= 15 is 0 Å². The van der Waals surface area contributed by atoms with E-state index in [1.165, 1.54) is 4.90 Å². The summed E-state index contributed by atoms with van der Waals surface area (Å²) >= 11 is 5.00. The molecule has 0 radical (unpaired) electrons. The SMILES string of the molecule is C=C(Br)CN1C(=O)NC2(CCSCC2)C1=O. The first-order chi connectivity index (χ1) is 7.55. The number of amides is 3. The van der Waals surface area contributed by atoms with Gasteiger partial charge in [0.1, 0.15) is 5.54 Å². The van der Waals surface area contributed by atoms with Crippen molar-refractivity contribution >= 4 is 39.6 Å². The van der Waals surface area contributed by atoms with Crippen LogP contribution in [0.15, 0.2) is 11.1 Å². The molecule has 88 valence electrons. The van der Waals surface area contributed by atoms with Gasteiger partial charge < -0.3 is 5.32 Å². The van der Waals surface area contributed by atoms with Crippen molar-refractivity contribution in [3.8, 4) is 0 Å². The Morgan fingerprint density at radius 3 is 2.69 bits per heavy atom. The zero-order valence-corrected chi connectivity index (χ0v) is 11.2. The van der Waals surface area contributed by atoms with Crippen molar-refractivity contribution in [1.82, 2.24) is 10.2 Å². The number of nitrogens with one attached hydrogen (secondary N) is 1. The molecule has 2 heterocycles. The van der Waals surface area contributed by atoms with Gasteiger partial charge in [0.25, 0.3) is 5.91 Å². The number of hydrogen-bond donors (Lipinski definition) is 1. The molecular weight excluding hydrogens is 292 g/mol. The quantitative estimate of drug-likeness (QED) is 0.790. The van der Waals surface area contributed by atoms with E-state index in [0.29, 0.717) is 4.48 Å². The fraction of sp³-hybridized carbons (Fsp3) is 0.600. The Labute approximate surface area is 107 Å². The molecule has 3 amide bonds. The second kappa shape index (κ2) is 4.41. The molecule has 1 spiro atoms. The van der Waals surface area contributed by atoms with Gasteiger partial charge in [-0.05, 0) is 24.3 Å². The molecule has 2 rings (SSSR count). The lowest BCUT2D eigenvalue weighted by molar-refractivity contribution is -0.131. The predicted octanol–water partition coefficient (Wildman–Crippen LogP) is 1.71. The van der Waals surface area contributed by atoms with Crippen LogP contribution in [-0.4, -0.2) is 40.4 Å². The zero-order chi connectivity index (χ0) is 11.8. The summed E-state index contributed by atoms with van der Waals surface area (Å²) in [5.74, 6) is 1.75. The van der Waals surface area contributed by atoms with Crippen LogP contribution in [0.25, 0.3) is 0 Å². The molecule has 0 aromatic heterocycles. The minimum absolute atomic E-state index is 0.0987. The highest BCUT2D eigenvalue weighted by Gasteiger charge is 2.51. The second-order valence-corrected chi connectivity index (χ2v) is 6.38. The van der Waals surface area contributed by atoms with E-state index in [-0.39, 0.29) is 18.5 Å². The molecule has 0 aromatic carbocycles. The highest BCUT2D eigenvalue weighted by Crippen LogP contribution is 2.32. The largest absolute Gasteiger partial charge is 0.325 e. The minimum atomic E-state index is -0.634. The van der Waals surface area contributed by atoms with Gasteiger partial charge in [-0.15, -0.1) is 0 Å². The fourth-order valence-corrected chi connectivity index (χ4v) is 3.49. The number of carbonyl (C=O) groups is 2. The summed E-state index contributed by atoms with van der Waals surface area (Å²) in [6, 6.07) is -0.294. The lowest BCUT2D eigenvalue weighted by atomic mass is 9.92. The summed E-state index contributed by atoms with van der Waals surface area (Å²) in [5, 5.41) is 2.84. The number of thioether (sulfide) groups is 1. The molecule has 2 aliphatic heterocycles. The van der Waals surface area contributed by atoms with Gasteiger partial charge in [0.15, 0.2) is 0 Å². The summed E-state index contributed by atoms with van der Waals surface area (Å²) < 4.78 is 0.637. The third-order valence-corrected chi connectivity index (χ3v) is 4.16. The number of imide groups is 1. The van der Waals surface area contributed by atoms with Crippen LogP contribution in [0.3, 0.4) is 0 Å². The summed E-state index contributed by atoms with van der Waals surface area (Å²) in [4.78, 5) is 25.2. The van der Waals surface area contributed by atoms with Crippen LogP contribution in [0.4, 0.5) is 4.79 Å². The van der Waals surface area contributed by atoms with Crippen LogP contribution in [0.1, 0.15) is 12.8 Å². The molecule has 2 saturated heterocycles. The van der Waals surface area contributed by atoms with Crippen LogP contribution in [0.2, 0.25) is 0 Å². The van der Waals surface area contributed by atoms with E-state index in [9.17, 15) is 9.59 Å². The highest BCUT2D eigenvalue weighted by molar-refractivity contribution is 9.11. The van der Waals surface area contributed by atoms with Gasteiger partial charge in [-0.25, -0.2) is 4.79 Å². The fourth-order valence-electron chi connectivity index (χ4n) is 2.05. The molecule has 2 fully saturated rings. The number of urea groups is 1. The van der Waals surface area contributed by atoms with Gasteiger partial charge in [0.2, 0.25) is 0 Å². The molecule has 0 atom stereocenters. The van der Waals surface area contributed by atoms with Crippen molar-refractivity contribution in [1.29, 1.82) is 0 Å². The standard InChI is InChI=1S/C10H13BrN2O2S/c1-7(11)6-13-8(14)10(12-9(13)15)2-4-16-5-3-10/h1-6H2,(H,12,15). The number of hydrogen-bond acceptors (Lipinski definition) is 3. The van der Waals surface area contributed by atoms with Crippen LogP contribution in [-0.2, 0) is 4.79 Å². The Kier molecular flexibility index (Phi) is 3.30. The molecule has 0 aromatic rings. The first-order valence-corrected chi connectivity index (χ1v) is 7.05. The minimum Gasteiger partial charge on any atom is -0.323 e. The lowest BCUT2D eigenvalue weighted by Gasteiger charge is -2.30. The van der Waals surface area contributed by atoms with Gasteiger partial charge in [-0.3, -0.25) is 9.69 Å². The summed E-state index contributed by atoms with van der Waals surface area (Å²) in [5.41, 5.74) is -0.634. The lowest BCUT2D eigenvalue weighted by Crippen LogP contribution is -2.49. The Morgan fingerprint density at radius 1 is 1.50 bits per heavy atom. The average Bonchev–Trinajstić information content (AvgIpc) is 2.44. The van der Waals surface area contributed by atoms with Gasteiger partial charge in [0.05, 0.1) is 6.54 Å². The molecule has 0 unspecified atom stereocenters. The van der Waals surface area contributed by atoms with Gasteiger partial charge >= 0.3 is 6.03 Å². The summed E-state index contributed by atoms with van der Waals surface area (Å²) in [6.07, 6.45) is 1.46. The predicted molar refractivity (Wildman–Crippen MR) is 67.6 cm³/mol. The van der Waals surface area contributed by atoms with Crippen molar-refractivity contribution in [3.63, 3.8) is 0 Å². The van der Waals surface area contributed by atoms with E-state index in [0.717, 1.165) is 24.3 Å². The van der Waals surface area contributed by atoms with E-state index < -0.39 is 5.54 Å². The Bertz CT molecular complexity index is 353. The monoisotopic (exact) mass is 304 g/mol. The maximum absolute atomic E-state index is 12.2. The van der Waals surface area contributed by atoms with Crippen molar-refractivity contribution < 1.29 is 9.59 Å². The van der Waals surface area contributed by atoms with E-state index in [2.05, 4.69) is 27.8 Å². The van der Waals surface area contributed by atoms with Crippen molar-refractivity contribution in [3.05, 3.63) is 11.1 Å². The van der Waals surface area contributed by atoms with Crippen LogP contribution in [0, 0.1) is 0 Å². The second-order valence-electron chi connectivity index (χ2n) is 4.03. The summed E-state index contributed by atoms with van der Waals surface area (Å²) in [6.45, 7) is 3.91. The van der Waals surface area contributed by atoms with Crippen molar-refractivity contribution in [2.24, 2.45) is 0 Å². The number of halogens is 1. The number of nitrogens with zero attached hydrogens (tertiary/aromatic N) is 1. The molecule has 0 bridgehead atoms. The van der Waals surface area contributed by atoms with E-state index in [1.54, 1.807) is 0 Å². The first kappa shape index (κ1) is 12.0. The van der Waals surface area contributed by atoms with Crippen molar-refractivity contribution in [2.75, 3.05) is 18.1 Å².